The lowest BCUT2D eigenvalue weighted by atomic mass is 9.47. The van der Waals surface area contributed by atoms with Crippen molar-refractivity contribution in [3.05, 3.63) is 82.6 Å². The summed E-state index contributed by atoms with van der Waals surface area (Å²) in [6, 6.07) is 11.6. The maximum atomic E-state index is 15.4. The molecule has 2 fully saturated rings. The predicted octanol–water partition coefficient (Wildman–Crippen LogP) is 6.21. The van der Waals surface area contributed by atoms with Crippen LogP contribution in [0.4, 0.5) is 5.69 Å². The van der Waals surface area contributed by atoms with E-state index >= 15 is 4.79 Å². The number of benzene rings is 2. The second kappa shape index (κ2) is 15.6. The number of aromatic amines is 1. The van der Waals surface area contributed by atoms with Gasteiger partial charge in [-0.1, -0.05) is 69.7 Å². The average molecular weight is 849 g/mol. The number of ether oxygens (including phenoxy) is 4. The number of likely N-dealkylation sites (N-methyl/N-ethyl adjacent to an activating group) is 1. The van der Waals surface area contributed by atoms with E-state index in [1.807, 2.05) is 33.0 Å². The minimum Gasteiger partial charge on any atom is -0.496 e. The van der Waals surface area contributed by atoms with Gasteiger partial charge in [-0.3, -0.25) is 24.2 Å². The maximum absolute atomic E-state index is 15.4. The number of aliphatic hydroxyl groups is 1. The summed E-state index contributed by atoms with van der Waals surface area (Å²) in [5.41, 5.74) is 2.02. The van der Waals surface area contributed by atoms with E-state index in [1.165, 1.54) is 19.6 Å². The van der Waals surface area contributed by atoms with Crippen LogP contribution < -0.4 is 9.64 Å². The fourth-order valence-corrected chi connectivity index (χ4v) is 13.6. The topological polar surface area (TPSA) is 134 Å². The number of esters is 3. The zero-order chi connectivity index (χ0) is 43.9. The van der Waals surface area contributed by atoms with Crippen LogP contribution in [0.25, 0.3) is 10.9 Å². The molecule has 332 valence electrons. The average Bonchev–Trinajstić information content (AvgIpc) is 3.92. The second-order valence-corrected chi connectivity index (χ2v) is 19.4. The van der Waals surface area contributed by atoms with Crippen molar-refractivity contribution >= 4 is 34.5 Å². The van der Waals surface area contributed by atoms with E-state index in [1.54, 1.807) is 7.11 Å². The SMILES string of the molecule is CCC1=C[C@@H]2CN(CCc3c([nH]c4ccccc34)[C@@](C(=O)OC)(c3cc4c(cc3OC)N(C)[C@H]3C(O)(COC(=O)CC(C)C)[C@H](OC(C)=O)[C@]5(CC)C=CCN6CC[C@]43C65)C2)C1. The molecule has 6 aliphatic rings. The van der Waals surface area contributed by atoms with Crippen LogP contribution in [0.3, 0.4) is 0 Å². The Morgan fingerprint density at radius 3 is 2.55 bits per heavy atom. The van der Waals surface area contributed by atoms with E-state index in [0.29, 0.717) is 37.1 Å². The number of methoxy groups -OCH3 is 2. The highest BCUT2D eigenvalue weighted by molar-refractivity contribution is 5.94. The Bertz CT molecular complexity index is 2350. The van der Waals surface area contributed by atoms with Gasteiger partial charge in [-0.25, -0.2) is 0 Å². The van der Waals surface area contributed by atoms with Crippen molar-refractivity contribution in [2.45, 2.75) is 108 Å². The number of carbonyl (C=O) groups excluding carboxylic acids is 3. The molecular weight excluding hydrogens is 785 g/mol. The molecule has 0 radical (unpaired) electrons. The Morgan fingerprint density at radius 2 is 1.84 bits per heavy atom. The van der Waals surface area contributed by atoms with Gasteiger partial charge >= 0.3 is 17.9 Å². The van der Waals surface area contributed by atoms with Crippen LogP contribution >= 0.6 is 0 Å². The van der Waals surface area contributed by atoms with Gasteiger partial charge in [-0.15, -0.1) is 0 Å². The second-order valence-electron chi connectivity index (χ2n) is 19.4. The minimum absolute atomic E-state index is 0.0321. The van der Waals surface area contributed by atoms with Crippen molar-refractivity contribution < 1.29 is 38.4 Å². The highest BCUT2D eigenvalue weighted by atomic mass is 16.6. The van der Waals surface area contributed by atoms with Gasteiger partial charge in [0.1, 0.15) is 23.9 Å². The third-order valence-corrected chi connectivity index (χ3v) is 15.7. The van der Waals surface area contributed by atoms with Crippen molar-refractivity contribution in [1.82, 2.24) is 14.8 Å². The smallest absolute Gasteiger partial charge is 0.322 e. The molecular formula is C50H64N4O8. The first-order valence-corrected chi connectivity index (χ1v) is 22.8. The van der Waals surface area contributed by atoms with Gasteiger partial charge in [-0.2, -0.15) is 0 Å². The molecule has 1 saturated heterocycles. The molecule has 1 aliphatic carbocycles. The summed E-state index contributed by atoms with van der Waals surface area (Å²) in [4.78, 5) is 52.9. The summed E-state index contributed by atoms with van der Waals surface area (Å²) in [5.74, 6) is -0.665. The minimum atomic E-state index is -1.85. The first-order valence-electron chi connectivity index (χ1n) is 22.8. The Balaban J connectivity index is 1.33. The number of nitrogens with one attached hydrogen (secondary N) is 1. The molecule has 12 heteroatoms. The fourth-order valence-electron chi connectivity index (χ4n) is 13.6. The molecule has 6 heterocycles. The molecule has 2 bridgehead atoms. The largest absolute Gasteiger partial charge is 0.496 e. The van der Waals surface area contributed by atoms with E-state index in [-0.39, 0.29) is 36.9 Å². The Hall–Kier alpha value is -4.65. The molecule has 12 nitrogen and oxygen atoms in total. The van der Waals surface area contributed by atoms with E-state index in [9.17, 15) is 14.7 Å². The Kier molecular flexibility index (Phi) is 10.7. The number of anilines is 1. The standard InChI is InChI=1S/C50H64N4O8/c1-9-32-23-33-26-49(46(57)60-8,42-35(16-20-53(27-32)28-33)34-14-11-12-15-38(34)51-42)37-24-36-39(25-40(37)59-7)52(6)44-48(36)18-21-54-19-13-17-47(10-2,43(48)54)45(62-31(5)55)50(44,58)29-61-41(56)22-30(3)4/h11-15,17,23-25,30,33,43-45,51,58H,9-10,16,18-22,26-29H2,1-8H3/t33-,43?,44+,45+,47+,48+,49-,50?/m0/s1. The van der Waals surface area contributed by atoms with Gasteiger partial charge in [-0.05, 0) is 73.7 Å². The number of aromatic nitrogens is 1. The summed E-state index contributed by atoms with van der Waals surface area (Å²) >= 11 is 0. The van der Waals surface area contributed by atoms with E-state index in [4.69, 9.17) is 18.9 Å². The molecule has 3 aromatic rings. The number of rotatable bonds is 10. The summed E-state index contributed by atoms with van der Waals surface area (Å²) < 4.78 is 24.9. The van der Waals surface area contributed by atoms with E-state index in [0.717, 1.165) is 72.4 Å². The van der Waals surface area contributed by atoms with Gasteiger partial charge in [0.15, 0.2) is 5.60 Å². The molecule has 3 unspecified atom stereocenters. The summed E-state index contributed by atoms with van der Waals surface area (Å²) in [6.07, 6.45) is 9.17. The Morgan fingerprint density at radius 1 is 1.05 bits per heavy atom. The van der Waals surface area contributed by atoms with Crippen LogP contribution in [-0.4, -0.2) is 122 Å². The molecule has 0 amide bonds. The molecule has 1 saturated carbocycles. The van der Waals surface area contributed by atoms with Crippen molar-refractivity contribution in [2.24, 2.45) is 17.3 Å². The van der Waals surface area contributed by atoms with E-state index in [2.05, 4.69) is 76.0 Å². The number of fused-ring (bicyclic) bond motifs is 6. The highest BCUT2D eigenvalue weighted by Crippen LogP contribution is 2.68. The van der Waals surface area contributed by atoms with Crippen LogP contribution in [0, 0.1) is 17.3 Å². The van der Waals surface area contributed by atoms with Gasteiger partial charge < -0.3 is 33.9 Å². The molecule has 1 aromatic heterocycles. The first kappa shape index (κ1) is 42.6. The lowest BCUT2D eigenvalue weighted by Crippen LogP contribution is -2.80. The third-order valence-electron chi connectivity index (χ3n) is 15.7. The van der Waals surface area contributed by atoms with Gasteiger partial charge in [0.2, 0.25) is 0 Å². The fraction of sp³-hybridized carbons (Fsp3) is 0.580. The molecule has 5 aliphatic heterocycles. The number of hydrogen-bond acceptors (Lipinski definition) is 11. The molecule has 2 N–H and O–H groups in total. The zero-order valence-corrected chi connectivity index (χ0v) is 37.7. The van der Waals surface area contributed by atoms with Crippen LogP contribution in [0.1, 0.15) is 89.1 Å². The van der Waals surface area contributed by atoms with Gasteiger partial charge in [0.25, 0.3) is 0 Å². The number of carbonyl (C=O) groups is 3. The highest BCUT2D eigenvalue weighted by Gasteiger charge is 2.78. The van der Waals surface area contributed by atoms with Crippen molar-refractivity contribution in [3.8, 4) is 5.75 Å². The lowest BCUT2D eigenvalue weighted by molar-refractivity contribution is -0.232. The van der Waals surface area contributed by atoms with Gasteiger partial charge in [0.05, 0.1) is 20.3 Å². The zero-order valence-electron chi connectivity index (χ0n) is 37.7. The Labute approximate surface area is 365 Å². The van der Waals surface area contributed by atoms with Crippen molar-refractivity contribution in [3.63, 3.8) is 0 Å². The lowest BCUT2D eigenvalue weighted by Gasteiger charge is -2.64. The predicted molar refractivity (Wildman–Crippen MR) is 237 cm³/mol. The number of para-hydroxylation sites is 1. The van der Waals surface area contributed by atoms with Gasteiger partial charge in [0, 0.05) is 97.4 Å². The van der Waals surface area contributed by atoms with Crippen LogP contribution in [-0.2, 0) is 45.8 Å². The van der Waals surface area contributed by atoms with Crippen molar-refractivity contribution in [2.75, 3.05) is 65.5 Å². The molecule has 62 heavy (non-hydrogen) atoms. The van der Waals surface area contributed by atoms with E-state index < -0.39 is 45.9 Å². The van der Waals surface area contributed by atoms with Crippen LogP contribution in [0.5, 0.6) is 5.75 Å². The van der Waals surface area contributed by atoms with Crippen LogP contribution in [0.2, 0.25) is 0 Å². The maximum Gasteiger partial charge on any atom is 0.322 e. The summed E-state index contributed by atoms with van der Waals surface area (Å²) in [6.45, 7) is 13.2. The van der Waals surface area contributed by atoms with Crippen molar-refractivity contribution in [1.29, 1.82) is 0 Å². The quantitative estimate of drug-likeness (QED) is 0.137. The number of H-pyrrole nitrogens is 1. The third kappa shape index (κ3) is 6.05. The normalized spacial score (nSPS) is 33.4. The molecule has 1 spiro atoms. The van der Waals surface area contributed by atoms with Crippen LogP contribution in [0.15, 0.2) is 60.2 Å². The number of hydrogen-bond donors (Lipinski definition) is 2. The first-order chi connectivity index (χ1) is 29.7. The molecule has 2 aromatic carbocycles. The molecule has 9 rings (SSSR count). The molecule has 9 atom stereocenters. The summed E-state index contributed by atoms with van der Waals surface area (Å²) in [5, 5.41) is 14.8. The number of nitrogens with zero attached hydrogens (tertiary/aromatic N) is 3. The summed E-state index contributed by atoms with van der Waals surface area (Å²) in [7, 11) is 5.11. The monoisotopic (exact) mass is 848 g/mol.